The van der Waals surface area contributed by atoms with E-state index in [0.29, 0.717) is 17.7 Å². The average Bonchev–Trinajstić information content (AvgIpc) is 3.41. The van der Waals surface area contributed by atoms with Crippen molar-refractivity contribution in [1.29, 1.82) is 0 Å². The monoisotopic (exact) mass is 338 g/mol. The zero-order chi connectivity index (χ0) is 17.4. The Kier molecular flexibility index (Phi) is 4.34. The van der Waals surface area contributed by atoms with Gasteiger partial charge >= 0.3 is 0 Å². The summed E-state index contributed by atoms with van der Waals surface area (Å²) in [7, 11) is 2.15. The van der Waals surface area contributed by atoms with Gasteiger partial charge < -0.3 is 15.3 Å². The maximum atomic E-state index is 10.4. The number of benzene rings is 1. The fourth-order valence-corrected chi connectivity index (χ4v) is 3.73. The highest BCUT2D eigenvalue weighted by Gasteiger charge is 2.24. The van der Waals surface area contributed by atoms with E-state index in [9.17, 15) is 5.11 Å². The Hall–Kier alpha value is -2.14. The molecule has 2 aliphatic rings. The average molecular weight is 338 g/mol. The Bertz CT molecular complexity index is 772. The van der Waals surface area contributed by atoms with E-state index in [4.69, 9.17) is 0 Å². The van der Waals surface area contributed by atoms with Crippen molar-refractivity contribution in [2.75, 3.05) is 25.5 Å². The van der Waals surface area contributed by atoms with Gasteiger partial charge in [0, 0.05) is 18.2 Å². The molecule has 1 saturated heterocycles. The molecule has 2 fully saturated rings. The third-order valence-corrected chi connectivity index (χ3v) is 5.29. The highest BCUT2D eigenvalue weighted by Crippen LogP contribution is 2.42. The van der Waals surface area contributed by atoms with Gasteiger partial charge in [0.15, 0.2) is 0 Å². The second kappa shape index (κ2) is 6.64. The van der Waals surface area contributed by atoms with Crippen LogP contribution in [0.15, 0.2) is 24.3 Å². The van der Waals surface area contributed by atoms with E-state index >= 15 is 0 Å². The normalized spacial score (nSPS) is 21.3. The molecule has 2 heterocycles. The minimum atomic E-state index is 0.302. The van der Waals surface area contributed by atoms with Crippen LogP contribution in [0.5, 0.6) is 5.75 Å². The number of nitrogens with one attached hydrogen (secondary N) is 1. The van der Waals surface area contributed by atoms with Crippen LogP contribution in [0.2, 0.25) is 0 Å². The van der Waals surface area contributed by atoms with Gasteiger partial charge in [-0.1, -0.05) is 6.07 Å². The summed E-state index contributed by atoms with van der Waals surface area (Å²) in [6, 6.07) is 8.43. The van der Waals surface area contributed by atoms with Crippen molar-refractivity contribution in [2.24, 2.45) is 0 Å². The van der Waals surface area contributed by atoms with Crippen molar-refractivity contribution in [3.63, 3.8) is 0 Å². The fraction of sp³-hybridized carbons (Fsp3) is 0.500. The molecule has 132 valence electrons. The molecule has 2 aromatic rings. The Balaban J connectivity index is 1.53. The molecule has 4 rings (SSSR count). The minimum Gasteiger partial charge on any atom is -0.507 e. The number of likely N-dealkylation sites (tertiary alicyclic amines) is 1. The van der Waals surface area contributed by atoms with Crippen molar-refractivity contribution in [3.05, 3.63) is 35.4 Å². The largest absolute Gasteiger partial charge is 0.507 e. The van der Waals surface area contributed by atoms with Crippen LogP contribution in [-0.4, -0.2) is 46.4 Å². The number of phenols is 1. The SMILES string of the molecule is Cc1cc(N[C@@H]2CCCN(C)C2)nnc1-c1ccc(C2CC2)cc1O. The molecular formula is C20H26N4O. The molecule has 1 aliphatic heterocycles. The summed E-state index contributed by atoms with van der Waals surface area (Å²) in [5.74, 6) is 1.75. The Morgan fingerprint density at radius 1 is 1.16 bits per heavy atom. The van der Waals surface area contributed by atoms with Crippen molar-refractivity contribution in [2.45, 2.75) is 44.6 Å². The fourth-order valence-electron chi connectivity index (χ4n) is 3.73. The zero-order valence-electron chi connectivity index (χ0n) is 15.0. The van der Waals surface area contributed by atoms with E-state index in [1.165, 1.54) is 24.8 Å². The van der Waals surface area contributed by atoms with Gasteiger partial charge in [-0.2, -0.15) is 0 Å². The molecule has 0 spiro atoms. The number of anilines is 1. The molecule has 5 heteroatoms. The lowest BCUT2D eigenvalue weighted by Gasteiger charge is -2.30. The van der Waals surface area contributed by atoms with Crippen LogP contribution in [0.3, 0.4) is 0 Å². The number of piperidine rings is 1. The number of aryl methyl sites for hydroxylation is 1. The first-order valence-electron chi connectivity index (χ1n) is 9.23. The van der Waals surface area contributed by atoms with E-state index in [2.05, 4.69) is 33.5 Å². The number of aromatic hydroxyl groups is 1. The van der Waals surface area contributed by atoms with Gasteiger partial charge in [0.1, 0.15) is 11.6 Å². The number of nitrogens with zero attached hydrogens (tertiary/aromatic N) is 3. The van der Waals surface area contributed by atoms with E-state index in [1.54, 1.807) is 0 Å². The Morgan fingerprint density at radius 3 is 2.68 bits per heavy atom. The van der Waals surface area contributed by atoms with Gasteiger partial charge in [-0.15, -0.1) is 10.2 Å². The first kappa shape index (κ1) is 16.3. The summed E-state index contributed by atoms with van der Waals surface area (Å²) in [5, 5.41) is 22.7. The van der Waals surface area contributed by atoms with Crippen LogP contribution in [0, 0.1) is 6.92 Å². The molecule has 0 unspecified atom stereocenters. The van der Waals surface area contributed by atoms with Crippen LogP contribution < -0.4 is 5.32 Å². The lowest BCUT2D eigenvalue weighted by Crippen LogP contribution is -2.39. The number of hydrogen-bond donors (Lipinski definition) is 2. The Morgan fingerprint density at radius 2 is 2.00 bits per heavy atom. The Labute approximate surface area is 149 Å². The second-order valence-corrected chi connectivity index (χ2v) is 7.56. The number of likely N-dealkylation sites (N-methyl/N-ethyl adjacent to an activating group) is 1. The first-order valence-corrected chi connectivity index (χ1v) is 9.23. The molecule has 1 aromatic carbocycles. The molecule has 2 N–H and O–H groups in total. The summed E-state index contributed by atoms with van der Waals surface area (Å²) in [5.41, 5.74) is 3.77. The molecule has 1 aliphatic carbocycles. The number of rotatable bonds is 4. The van der Waals surface area contributed by atoms with Crippen molar-refractivity contribution < 1.29 is 5.11 Å². The summed E-state index contributed by atoms with van der Waals surface area (Å²) in [6.07, 6.45) is 4.83. The smallest absolute Gasteiger partial charge is 0.149 e. The van der Waals surface area contributed by atoms with Gasteiger partial charge in [-0.05, 0) is 81.4 Å². The second-order valence-electron chi connectivity index (χ2n) is 7.56. The van der Waals surface area contributed by atoms with E-state index in [0.717, 1.165) is 42.1 Å². The summed E-state index contributed by atoms with van der Waals surface area (Å²) >= 11 is 0. The van der Waals surface area contributed by atoms with Crippen molar-refractivity contribution >= 4 is 5.82 Å². The molecule has 1 aromatic heterocycles. The lowest BCUT2D eigenvalue weighted by molar-refractivity contribution is 0.260. The topological polar surface area (TPSA) is 61.3 Å². The van der Waals surface area contributed by atoms with E-state index in [-0.39, 0.29) is 0 Å². The summed E-state index contributed by atoms with van der Waals surface area (Å²) in [6.45, 7) is 4.22. The molecule has 0 amide bonds. The first-order chi connectivity index (χ1) is 12.1. The van der Waals surface area contributed by atoms with E-state index < -0.39 is 0 Å². The number of phenolic OH excluding ortho intramolecular Hbond substituents is 1. The highest BCUT2D eigenvalue weighted by atomic mass is 16.3. The minimum absolute atomic E-state index is 0.302. The number of hydrogen-bond acceptors (Lipinski definition) is 5. The molecule has 1 atom stereocenters. The maximum Gasteiger partial charge on any atom is 0.149 e. The molecule has 0 radical (unpaired) electrons. The van der Waals surface area contributed by atoms with Crippen molar-refractivity contribution in [1.82, 2.24) is 15.1 Å². The predicted molar refractivity (Wildman–Crippen MR) is 100.0 cm³/mol. The van der Waals surface area contributed by atoms with Gasteiger partial charge in [0.25, 0.3) is 0 Å². The zero-order valence-corrected chi connectivity index (χ0v) is 15.0. The highest BCUT2D eigenvalue weighted by molar-refractivity contribution is 5.70. The van der Waals surface area contributed by atoms with Gasteiger partial charge in [-0.3, -0.25) is 0 Å². The molecule has 0 bridgehead atoms. The van der Waals surface area contributed by atoms with Gasteiger partial charge in [0.2, 0.25) is 0 Å². The van der Waals surface area contributed by atoms with Crippen LogP contribution >= 0.6 is 0 Å². The van der Waals surface area contributed by atoms with Crippen LogP contribution in [0.25, 0.3) is 11.3 Å². The third kappa shape index (κ3) is 3.61. The lowest BCUT2D eigenvalue weighted by atomic mass is 10.0. The molecule has 25 heavy (non-hydrogen) atoms. The van der Waals surface area contributed by atoms with Gasteiger partial charge in [0.05, 0.1) is 5.69 Å². The third-order valence-electron chi connectivity index (χ3n) is 5.29. The quantitative estimate of drug-likeness (QED) is 0.893. The molecule has 5 nitrogen and oxygen atoms in total. The van der Waals surface area contributed by atoms with Gasteiger partial charge in [-0.25, -0.2) is 0 Å². The maximum absolute atomic E-state index is 10.4. The van der Waals surface area contributed by atoms with Crippen LogP contribution in [-0.2, 0) is 0 Å². The summed E-state index contributed by atoms with van der Waals surface area (Å²) in [4.78, 5) is 2.34. The predicted octanol–water partition coefficient (Wildman–Crippen LogP) is 3.54. The molecular weight excluding hydrogens is 312 g/mol. The summed E-state index contributed by atoms with van der Waals surface area (Å²) < 4.78 is 0. The van der Waals surface area contributed by atoms with Crippen LogP contribution in [0.1, 0.15) is 42.7 Å². The van der Waals surface area contributed by atoms with Crippen molar-refractivity contribution in [3.8, 4) is 17.0 Å². The van der Waals surface area contributed by atoms with E-state index in [1.807, 2.05) is 25.1 Å². The number of aromatic nitrogens is 2. The molecule has 1 saturated carbocycles. The standard InChI is InChI=1S/C20H26N4O/c1-13-10-19(21-16-4-3-9-24(2)12-16)22-23-20(13)17-8-7-15(11-18(17)25)14-5-6-14/h7-8,10-11,14,16,25H,3-6,9,12H2,1-2H3,(H,21,22)/t16-/m1/s1. The van der Waals surface area contributed by atoms with Crippen LogP contribution in [0.4, 0.5) is 5.82 Å².